The average molecular weight is 496 g/mol. The Balaban J connectivity index is 1.69. The number of anilines is 1. The molecule has 0 aliphatic heterocycles. The van der Waals surface area contributed by atoms with Gasteiger partial charge in [-0.1, -0.05) is 87.4 Å². The third kappa shape index (κ3) is 3.54. The molecule has 30 heavy (non-hydrogen) atoms. The Labute approximate surface area is 191 Å². The molecule has 0 radical (unpaired) electrons. The van der Waals surface area contributed by atoms with Crippen LogP contribution in [0.3, 0.4) is 0 Å². The van der Waals surface area contributed by atoms with E-state index in [-0.39, 0.29) is 11.8 Å². The molecule has 0 spiro atoms. The van der Waals surface area contributed by atoms with Crippen molar-refractivity contribution in [3.63, 3.8) is 0 Å². The second-order valence-electron chi connectivity index (χ2n) is 6.95. The Morgan fingerprint density at radius 3 is 2.53 bits per heavy atom. The fourth-order valence-electron chi connectivity index (χ4n) is 3.67. The molecule has 6 heteroatoms. The van der Waals surface area contributed by atoms with Crippen molar-refractivity contribution in [3.05, 3.63) is 99.5 Å². The predicted octanol–water partition coefficient (Wildman–Crippen LogP) is 7.77. The summed E-state index contributed by atoms with van der Waals surface area (Å²) in [6.07, 6.45) is 0. The van der Waals surface area contributed by atoms with E-state index >= 15 is 0 Å². The summed E-state index contributed by atoms with van der Waals surface area (Å²) >= 11 is 11.4. The third-order valence-electron chi connectivity index (χ3n) is 5.08. The molecule has 1 heterocycles. The van der Waals surface area contributed by atoms with Crippen LogP contribution in [0.1, 0.15) is 17.2 Å². The van der Waals surface area contributed by atoms with E-state index in [9.17, 15) is 5.11 Å². The molecule has 1 aromatic heterocycles. The van der Waals surface area contributed by atoms with Crippen LogP contribution in [-0.4, -0.2) is 10.1 Å². The molecular formula is C24H16BrClN2OS. The highest BCUT2D eigenvalue weighted by Gasteiger charge is 2.22. The van der Waals surface area contributed by atoms with Crippen LogP contribution in [0, 0.1) is 0 Å². The lowest BCUT2D eigenvalue weighted by molar-refractivity contribution is 0.468. The number of rotatable bonds is 4. The van der Waals surface area contributed by atoms with Crippen LogP contribution in [0.4, 0.5) is 5.13 Å². The smallest absolute Gasteiger partial charge is 0.184 e. The first kappa shape index (κ1) is 19.4. The van der Waals surface area contributed by atoms with Gasteiger partial charge in [0, 0.05) is 10.0 Å². The number of aromatic nitrogens is 1. The second-order valence-corrected chi connectivity index (χ2v) is 9.31. The minimum atomic E-state index is -0.288. The molecule has 2 N–H and O–H groups in total. The van der Waals surface area contributed by atoms with Gasteiger partial charge in [0.25, 0.3) is 0 Å². The maximum atomic E-state index is 10.9. The van der Waals surface area contributed by atoms with E-state index in [0.717, 1.165) is 41.7 Å². The Morgan fingerprint density at radius 1 is 0.933 bits per heavy atom. The van der Waals surface area contributed by atoms with Gasteiger partial charge in [0.05, 0.1) is 15.8 Å². The molecule has 0 fully saturated rings. The summed E-state index contributed by atoms with van der Waals surface area (Å²) in [7, 11) is 0. The van der Waals surface area contributed by atoms with E-state index in [1.807, 2.05) is 72.8 Å². The molecular weight excluding hydrogens is 480 g/mol. The van der Waals surface area contributed by atoms with Crippen LogP contribution in [0.5, 0.6) is 5.75 Å². The largest absolute Gasteiger partial charge is 0.508 e. The molecule has 0 aliphatic carbocycles. The maximum absolute atomic E-state index is 10.9. The van der Waals surface area contributed by atoms with Crippen molar-refractivity contribution in [1.82, 2.24) is 4.98 Å². The van der Waals surface area contributed by atoms with E-state index in [1.54, 1.807) is 17.4 Å². The number of nitrogens with one attached hydrogen (secondary N) is 1. The van der Waals surface area contributed by atoms with Crippen LogP contribution in [0.25, 0.3) is 21.0 Å². The second kappa shape index (κ2) is 7.91. The van der Waals surface area contributed by atoms with Crippen molar-refractivity contribution < 1.29 is 5.11 Å². The molecule has 0 aliphatic rings. The zero-order valence-corrected chi connectivity index (χ0v) is 18.8. The molecule has 0 bridgehead atoms. The van der Waals surface area contributed by atoms with Gasteiger partial charge in [0.15, 0.2) is 5.13 Å². The zero-order chi connectivity index (χ0) is 20.7. The Morgan fingerprint density at radius 2 is 1.73 bits per heavy atom. The van der Waals surface area contributed by atoms with Gasteiger partial charge in [0.1, 0.15) is 11.3 Å². The van der Waals surface area contributed by atoms with Gasteiger partial charge in [-0.05, 0) is 46.7 Å². The van der Waals surface area contributed by atoms with Crippen molar-refractivity contribution in [2.45, 2.75) is 6.04 Å². The van der Waals surface area contributed by atoms with Crippen LogP contribution in [0.15, 0.2) is 83.3 Å². The number of hydrogen-bond acceptors (Lipinski definition) is 4. The number of fused-ring (bicyclic) bond motifs is 2. The van der Waals surface area contributed by atoms with Crippen LogP contribution < -0.4 is 5.32 Å². The molecule has 4 aromatic carbocycles. The van der Waals surface area contributed by atoms with Gasteiger partial charge in [-0.2, -0.15) is 0 Å². The number of phenols is 1. The van der Waals surface area contributed by atoms with Crippen molar-refractivity contribution in [3.8, 4) is 5.75 Å². The summed E-state index contributed by atoms with van der Waals surface area (Å²) in [5.74, 6) is 0.244. The Bertz CT molecular complexity index is 1370. The molecule has 3 nitrogen and oxygen atoms in total. The fourth-order valence-corrected chi connectivity index (χ4v) is 5.12. The minimum Gasteiger partial charge on any atom is -0.508 e. The first-order chi connectivity index (χ1) is 14.6. The van der Waals surface area contributed by atoms with Gasteiger partial charge in [-0.3, -0.25) is 0 Å². The number of hydrogen-bond donors (Lipinski definition) is 2. The summed E-state index contributed by atoms with van der Waals surface area (Å²) < 4.78 is 2.01. The van der Waals surface area contributed by atoms with Gasteiger partial charge < -0.3 is 10.4 Å². The van der Waals surface area contributed by atoms with Crippen molar-refractivity contribution >= 4 is 65.0 Å². The monoisotopic (exact) mass is 494 g/mol. The first-order valence-corrected chi connectivity index (χ1v) is 11.4. The first-order valence-electron chi connectivity index (χ1n) is 9.38. The highest BCUT2D eigenvalue weighted by molar-refractivity contribution is 9.10. The van der Waals surface area contributed by atoms with E-state index in [4.69, 9.17) is 16.6 Å². The highest BCUT2D eigenvalue weighted by Crippen LogP contribution is 2.40. The van der Waals surface area contributed by atoms with E-state index in [0.29, 0.717) is 5.02 Å². The maximum Gasteiger partial charge on any atom is 0.184 e. The van der Waals surface area contributed by atoms with Crippen molar-refractivity contribution in [1.29, 1.82) is 0 Å². The summed E-state index contributed by atoms with van der Waals surface area (Å²) in [5, 5.41) is 17.9. The lowest BCUT2D eigenvalue weighted by Gasteiger charge is -2.22. The zero-order valence-electron chi connectivity index (χ0n) is 15.6. The molecule has 148 valence electrons. The molecule has 0 saturated heterocycles. The summed E-state index contributed by atoms with van der Waals surface area (Å²) in [4.78, 5) is 4.71. The molecule has 5 rings (SSSR count). The number of phenolic OH excluding ortho intramolecular Hbond substituents is 1. The van der Waals surface area contributed by atoms with Crippen LogP contribution >= 0.6 is 38.9 Å². The van der Waals surface area contributed by atoms with E-state index < -0.39 is 0 Å². The summed E-state index contributed by atoms with van der Waals surface area (Å²) in [6, 6.07) is 25.3. The average Bonchev–Trinajstić information content (AvgIpc) is 3.17. The number of aromatic hydroxyl groups is 1. The quantitative estimate of drug-likeness (QED) is 0.268. The number of para-hydroxylation sites is 1. The fraction of sp³-hybridized carbons (Fsp3) is 0.0417. The van der Waals surface area contributed by atoms with Gasteiger partial charge in [-0.15, -0.1) is 0 Å². The van der Waals surface area contributed by atoms with Gasteiger partial charge >= 0.3 is 0 Å². The minimum absolute atomic E-state index is 0.244. The third-order valence-corrected chi connectivity index (χ3v) is 6.86. The summed E-state index contributed by atoms with van der Waals surface area (Å²) in [5.41, 5.74) is 2.62. The molecule has 5 aromatic rings. The lowest BCUT2D eigenvalue weighted by Crippen LogP contribution is -2.13. The van der Waals surface area contributed by atoms with Crippen LogP contribution in [-0.2, 0) is 0 Å². The van der Waals surface area contributed by atoms with E-state index in [1.165, 1.54) is 0 Å². The SMILES string of the molecule is Oc1ccc2ccccc2c1C(Nc1nc2c(Cl)cccc2s1)c1ccc(Br)cc1. The Kier molecular flexibility index (Phi) is 5.11. The van der Waals surface area contributed by atoms with E-state index in [2.05, 4.69) is 21.2 Å². The van der Waals surface area contributed by atoms with Crippen molar-refractivity contribution in [2.24, 2.45) is 0 Å². The topological polar surface area (TPSA) is 45.1 Å². The summed E-state index contributed by atoms with van der Waals surface area (Å²) in [6.45, 7) is 0. The van der Waals surface area contributed by atoms with Gasteiger partial charge in [-0.25, -0.2) is 4.98 Å². The molecule has 1 atom stereocenters. The number of nitrogens with zero attached hydrogens (tertiary/aromatic N) is 1. The predicted molar refractivity (Wildman–Crippen MR) is 130 cm³/mol. The van der Waals surface area contributed by atoms with Gasteiger partial charge in [0.2, 0.25) is 0 Å². The number of thiazole rings is 1. The standard InChI is InChI=1S/C24H16BrClN2OS/c25-16-11-8-15(9-12-16)22(21-17-5-2-1-4-14(17)10-13-19(21)29)27-24-28-23-18(26)6-3-7-20(23)30-24/h1-13,22,29H,(H,27,28). The number of benzene rings is 4. The Hall–Kier alpha value is -2.60. The highest BCUT2D eigenvalue weighted by atomic mass is 79.9. The van der Waals surface area contributed by atoms with Crippen LogP contribution in [0.2, 0.25) is 5.02 Å². The molecule has 0 saturated carbocycles. The normalized spacial score (nSPS) is 12.3. The van der Waals surface area contributed by atoms with Crippen molar-refractivity contribution in [2.75, 3.05) is 5.32 Å². The number of halogens is 2. The molecule has 1 unspecified atom stereocenters. The lowest BCUT2D eigenvalue weighted by atomic mass is 9.93. The molecule has 0 amide bonds.